The van der Waals surface area contributed by atoms with Gasteiger partial charge < -0.3 is 11.1 Å². The average molecular weight is 274 g/mol. The molecular weight excluding hydrogens is 259 g/mol. The molecule has 0 atom stereocenters. The second-order valence-corrected chi connectivity index (χ2v) is 5.89. The van der Waals surface area contributed by atoms with Gasteiger partial charge in [0.1, 0.15) is 11.6 Å². The quantitative estimate of drug-likeness (QED) is 0.763. The van der Waals surface area contributed by atoms with Crippen molar-refractivity contribution in [2.45, 2.75) is 12.7 Å². The lowest BCUT2D eigenvalue weighted by Crippen LogP contribution is -2.30. The summed E-state index contributed by atoms with van der Waals surface area (Å²) in [5, 5.41) is 2.40. The van der Waals surface area contributed by atoms with Crippen molar-refractivity contribution in [1.82, 2.24) is 5.32 Å². The predicted molar refractivity (Wildman–Crippen MR) is 67.0 cm³/mol. The van der Waals surface area contributed by atoms with Crippen LogP contribution in [-0.2, 0) is 20.4 Å². The van der Waals surface area contributed by atoms with E-state index in [2.05, 4.69) is 5.32 Å². The third-order valence-corrected chi connectivity index (χ3v) is 3.66. The number of amides is 1. The van der Waals surface area contributed by atoms with E-state index in [-0.39, 0.29) is 11.4 Å². The Hall–Kier alpha value is -1.63. The first-order chi connectivity index (χ1) is 8.34. The van der Waals surface area contributed by atoms with Gasteiger partial charge in [0.25, 0.3) is 0 Å². The molecule has 0 bridgehead atoms. The highest BCUT2D eigenvalue weighted by Gasteiger charge is 2.18. The molecule has 0 aliphatic heterocycles. The summed E-state index contributed by atoms with van der Waals surface area (Å²) in [6.45, 7) is 2.07. The highest BCUT2D eigenvalue weighted by molar-refractivity contribution is 7.91. The van der Waals surface area contributed by atoms with Crippen LogP contribution in [0.4, 0.5) is 10.1 Å². The molecule has 7 heteroatoms. The molecule has 5 nitrogen and oxygen atoms in total. The number of hydrogen-bond acceptors (Lipinski definition) is 4. The molecule has 0 aliphatic carbocycles. The molecule has 0 saturated carbocycles. The number of carbonyl (C=O) groups is 1. The summed E-state index contributed by atoms with van der Waals surface area (Å²) >= 11 is 0. The number of sulfone groups is 1. The van der Waals surface area contributed by atoms with Crippen molar-refractivity contribution in [3.05, 3.63) is 29.6 Å². The smallest absolute Gasteiger partial charge is 0.235 e. The number of halogens is 1. The number of hydrogen-bond donors (Lipinski definition) is 2. The van der Waals surface area contributed by atoms with Gasteiger partial charge in [0.05, 0.1) is 5.75 Å². The molecule has 0 fully saturated rings. The van der Waals surface area contributed by atoms with Crippen molar-refractivity contribution in [2.75, 3.05) is 18.0 Å². The SMILES string of the molecule is CCNC(=O)CS(=O)(=O)Cc1ccc(F)cc1N. The molecule has 1 amide bonds. The number of anilines is 1. The Balaban J connectivity index is 2.79. The maximum atomic E-state index is 12.8. The molecule has 0 aliphatic rings. The summed E-state index contributed by atoms with van der Waals surface area (Å²) in [6, 6.07) is 3.49. The molecule has 18 heavy (non-hydrogen) atoms. The highest BCUT2D eigenvalue weighted by Crippen LogP contribution is 2.16. The van der Waals surface area contributed by atoms with Gasteiger partial charge in [0.15, 0.2) is 9.84 Å². The molecular formula is C11H15FN2O3S. The first kappa shape index (κ1) is 14.4. The van der Waals surface area contributed by atoms with Crippen LogP contribution in [0.1, 0.15) is 12.5 Å². The number of rotatable bonds is 5. The zero-order valence-electron chi connectivity index (χ0n) is 9.94. The van der Waals surface area contributed by atoms with Crippen LogP contribution in [-0.4, -0.2) is 26.6 Å². The monoisotopic (exact) mass is 274 g/mol. The third kappa shape index (κ3) is 4.33. The fourth-order valence-corrected chi connectivity index (χ4v) is 2.77. The molecule has 0 unspecified atom stereocenters. The molecule has 1 aromatic carbocycles. The second-order valence-electron chi connectivity index (χ2n) is 3.83. The van der Waals surface area contributed by atoms with E-state index >= 15 is 0 Å². The topological polar surface area (TPSA) is 89.3 Å². The van der Waals surface area contributed by atoms with Gasteiger partial charge in [-0.3, -0.25) is 4.79 Å². The molecule has 3 N–H and O–H groups in total. The zero-order valence-corrected chi connectivity index (χ0v) is 10.8. The average Bonchev–Trinajstić information content (AvgIpc) is 2.21. The summed E-state index contributed by atoms with van der Waals surface area (Å²) in [6.07, 6.45) is 0. The van der Waals surface area contributed by atoms with Crippen LogP contribution in [0.15, 0.2) is 18.2 Å². The lowest BCUT2D eigenvalue weighted by Gasteiger charge is -2.07. The number of carbonyl (C=O) groups excluding carboxylic acids is 1. The maximum absolute atomic E-state index is 12.8. The summed E-state index contributed by atoms with van der Waals surface area (Å²) < 4.78 is 36.2. The van der Waals surface area contributed by atoms with Gasteiger partial charge in [-0.25, -0.2) is 12.8 Å². The highest BCUT2D eigenvalue weighted by atomic mass is 32.2. The fourth-order valence-electron chi connectivity index (χ4n) is 1.43. The lowest BCUT2D eigenvalue weighted by atomic mass is 10.2. The minimum Gasteiger partial charge on any atom is -0.398 e. The van der Waals surface area contributed by atoms with Crippen molar-refractivity contribution in [3.63, 3.8) is 0 Å². The van der Waals surface area contributed by atoms with Gasteiger partial charge in [-0.05, 0) is 24.6 Å². The summed E-state index contributed by atoms with van der Waals surface area (Å²) in [7, 11) is -3.61. The van der Waals surface area contributed by atoms with E-state index in [9.17, 15) is 17.6 Å². The Labute approximate surface area is 105 Å². The van der Waals surface area contributed by atoms with Gasteiger partial charge >= 0.3 is 0 Å². The Kier molecular flexibility index (Phi) is 4.66. The minimum atomic E-state index is -3.61. The first-order valence-corrected chi connectivity index (χ1v) is 7.17. The van der Waals surface area contributed by atoms with E-state index in [4.69, 9.17) is 5.73 Å². The van der Waals surface area contributed by atoms with Crippen LogP contribution in [0, 0.1) is 5.82 Å². The fraction of sp³-hybridized carbons (Fsp3) is 0.364. The van der Waals surface area contributed by atoms with Crippen molar-refractivity contribution in [2.24, 2.45) is 0 Å². The molecule has 1 rings (SSSR count). The van der Waals surface area contributed by atoms with Crippen molar-refractivity contribution in [1.29, 1.82) is 0 Å². The maximum Gasteiger partial charge on any atom is 0.235 e. The largest absolute Gasteiger partial charge is 0.398 e. The van der Waals surface area contributed by atoms with Gasteiger partial charge in [0, 0.05) is 12.2 Å². The first-order valence-electron chi connectivity index (χ1n) is 5.35. The normalized spacial score (nSPS) is 11.2. The van der Waals surface area contributed by atoms with E-state index < -0.39 is 27.3 Å². The lowest BCUT2D eigenvalue weighted by molar-refractivity contribution is -0.118. The van der Waals surface area contributed by atoms with Crippen LogP contribution in [0.25, 0.3) is 0 Å². The number of nitrogen functional groups attached to an aromatic ring is 1. The molecule has 0 spiro atoms. The molecule has 0 radical (unpaired) electrons. The van der Waals surface area contributed by atoms with Gasteiger partial charge in [0.2, 0.25) is 5.91 Å². The second kappa shape index (κ2) is 5.81. The summed E-state index contributed by atoms with van der Waals surface area (Å²) in [4.78, 5) is 11.2. The van der Waals surface area contributed by atoms with Crippen LogP contribution >= 0.6 is 0 Å². The van der Waals surface area contributed by atoms with Gasteiger partial charge in [-0.2, -0.15) is 0 Å². The Morgan fingerprint density at radius 1 is 1.44 bits per heavy atom. The van der Waals surface area contributed by atoms with E-state index in [0.29, 0.717) is 12.1 Å². The van der Waals surface area contributed by atoms with Crippen LogP contribution < -0.4 is 11.1 Å². The number of nitrogens with two attached hydrogens (primary N) is 1. The Morgan fingerprint density at radius 3 is 2.67 bits per heavy atom. The zero-order chi connectivity index (χ0) is 13.8. The Bertz CT molecular complexity index is 543. The van der Waals surface area contributed by atoms with E-state index in [1.54, 1.807) is 6.92 Å². The van der Waals surface area contributed by atoms with Crippen molar-refractivity contribution < 1.29 is 17.6 Å². The standard InChI is InChI=1S/C11H15FN2O3S/c1-2-14-11(15)7-18(16,17)6-8-3-4-9(12)5-10(8)13/h3-5H,2,6-7,13H2,1H3,(H,14,15). The minimum absolute atomic E-state index is 0.0643. The molecule has 0 aromatic heterocycles. The summed E-state index contributed by atoms with van der Waals surface area (Å²) in [5.74, 6) is -2.07. The molecule has 1 aromatic rings. The van der Waals surface area contributed by atoms with Crippen LogP contribution in [0.2, 0.25) is 0 Å². The van der Waals surface area contributed by atoms with E-state index in [0.717, 1.165) is 12.1 Å². The van der Waals surface area contributed by atoms with Crippen LogP contribution in [0.5, 0.6) is 0 Å². The van der Waals surface area contributed by atoms with Crippen LogP contribution in [0.3, 0.4) is 0 Å². The third-order valence-electron chi connectivity index (χ3n) is 2.21. The van der Waals surface area contributed by atoms with Crippen molar-refractivity contribution >= 4 is 21.4 Å². The predicted octanol–water partition coefficient (Wildman–Crippen LogP) is 0.459. The van der Waals surface area contributed by atoms with Gasteiger partial charge in [-0.1, -0.05) is 6.07 Å². The molecule has 100 valence electrons. The van der Waals surface area contributed by atoms with E-state index in [1.165, 1.54) is 6.07 Å². The molecule has 0 heterocycles. The number of benzene rings is 1. The van der Waals surface area contributed by atoms with Crippen molar-refractivity contribution in [3.8, 4) is 0 Å². The number of nitrogens with one attached hydrogen (secondary N) is 1. The Morgan fingerprint density at radius 2 is 2.11 bits per heavy atom. The molecule has 0 saturated heterocycles. The van der Waals surface area contributed by atoms with Gasteiger partial charge in [-0.15, -0.1) is 0 Å². The summed E-state index contributed by atoms with van der Waals surface area (Å²) in [5.41, 5.74) is 5.87. The van der Waals surface area contributed by atoms with E-state index in [1.807, 2.05) is 0 Å².